The zero-order valence-corrected chi connectivity index (χ0v) is 9.57. The first-order chi connectivity index (χ1) is 7.14. The highest BCUT2D eigenvalue weighted by Gasteiger charge is 2.19. The molecule has 0 aliphatic heterocycles. The first-order valence-electron chi connectivity index (χ1n) is 5.39. The van der Waals surface area contributed by atoms with Crippen LogP contribution < -0.4 is 0 Å². The summed E-state index contributed by atoms with van der Waals surface area (Å²) in [5.74, 6) is 0. The number of aliphatic hydroxyl groups is 1. The summed E-state index contributed by atoms with van der Waals surface area (Å²) < 4.78 is 4.98. The molecule has 0 heterocycles. The van der Waals surface area contributed by atoms with E-state index in [2.05, 4.69) is 0 Å². The summed E-state index contributed by atoms with van der Waals surface area (Å²) >= 11 is 0. The monoisotopic (exact) mass is 208 g/mol. The van der Waals surface area contributed by atoms with Gasteiger partial charge in [0.2, 0.25) is 0 Å². The molecule has 1 aromatic rings. The number of rotatable bonds is 6. The second-order valence-corrected chi connectivity index (χ2v) is 4.26. The Morgan fingerprint density at radius 2 is 1.93 bits per heavy atom. The minimum absolute atomic E-state index is 0.625. The van der Waals surface area contributed by atoms with E-state index < -0.39 is 5.60 Å². The highest BCUT2D eigenvalue weighted by atomic mass is 16.5. The third-order valence-electron chi connectivity index (χ3n) is 2.49. The summed E-state index contributed by atoms with van der Waals surface area (Å²) in [6.07, 6.45) is 2.38. The SMILES string of the molecule is COCCCC(C)(O)Cc1ccccc1. The van der Waals surface area contributed by atoms with E-state index in [-0.39, 0.29) is 0 Å². The number of methoxy groups -OCH3 is 1. The van der Waals surface area contributed by atoms with E-state index in [1.807, 2.05) is 37.3 Å². The maximum Gasteiger partial charge on any atom is 0.0660 e. The molecule has 1 atom stereocenters. The van der Waals surface area contributed by atoms with Crippen LogP contribution in [0, 0.1) is 0 Å². The quantitative estimate of drug-likeness (QED) is 0.727. The zero-order chi connectivity index (χ0) is 11.1. The van der Waals surface area contributed by atoms with Crippen molar-refractivity contribution in [3.8, 4) is 0 Å². The van der Waals surface area contributed by atoms with E-state index >= 15 is 0 Å². The summed E-state index contributed by atoms with van der Waals surface area (Å²) in [7, 11) is 1.69. The number of ether oxygens (including phenoxy) is 1. The molecule has 0 aromatic heterocycles. The smallest absolute Gasteiger partial charge is 0.0660 e. The highest BCUT2D eigenvalue weighted by Crippen LogP contribution is 2.18. The topological polar surface area (TPSA) is 29.5 Å². The third kappa shape index (κ3) is 4.96. The Morgan fingerprint density at radius 3 is 2.53 bits per heavy atom. The maximum atomic E-state index is 10.1. The molecule has 0 aliphatic rings. The van der Waals surface area contributed by atoms with Crippen LogP contribution in [0.15, 0.2) is 30.3 Å². The Bertz CT molecular complexity index is 267. The molecule has 1 rings (SSSR count). The van der Waals surface area contributed by atoms with Crippen molar-refractivity contribution in [2.75, 3.05) is 13.7 Å². The Balaban J connectivity index is 2.42. The van der Waals surface area contributed by atoms with E-state index in [9.17, 15) is 5.11 Å². The first-order valence-corrected chi connectivity index (χ1v) is 5.39. The van der Waals surface area contributed by atoms with Crippen LogP contribution in [0.4, 0.5) is 0 Å². The lowest BCUT2D eigenvalue weighted by Crippen LogP contribution is -2.27. The molecule has 2 nitrogen and oxygen atoms in total. The Labute approximate surface area is 91.9 Å². The second-order valence-electron chi connectivity index (χ2n) is 4.26. The Kier molecular flexibility index (Phi) is 4.79. The zero-order valence-electron chi connectivity index (χ0n) is 9.57. The minimum atomic E-state index is -0.625. The summed E-state index contributed by atoms with van der Waals surface area (Å²) in [5.41, 5.74) is 0.555. The van der Waals surface area contributed by atoms with Gasteiger partial charge in [0, 0.05) is 20.1 Å². The second kappa shape index (κ2) is 5.89. The van der Waals surface area contributed by atoms with E-state index in [1.165, 1.54) is 5.56 Å². The van der Waals surface area contributed by atoms with Crippen molar-refractivity contribution in [1.82, 2.24) is 0 Å². The van der Waals surface area contributed by atoms with Gasteiger partial charge < -0.3 is 9.84 Å². The van der Waals surface area contributed by atoms with Crippen LogP contribution in [0.1, 0.15) is 25.3 Å². The molecule has 0 aliphatic carbocycles. The maximum absolute atomic E-state index is 10.1. The summed E-state index contributed by atoms with van der Waals surface area (Å²) in [4.78, 5) is 0. The van der Waals surface area contributed by atoms with Gasteiger partial charge in [-0.15, -0.1) is 0 Å². The van der Waals surface area contributed by atoms with Gasteiger partial charge in [-0.25, -0.2) is 0 Å². The summed E-state index contributed by atoms with van der Waals surface area (Å²) in [6.45, 7) is 2.60. The van der Waals surface area contributed by atoms with Crippen LogP contribution in [0.5, 0.6) is 0 Å². The molecule has 1 N–H and O–H groups in total. The van der Waals surface area contributed by atoms with Gasteiger partial charge in [0.15, 0.2) is 0 Å². The molecule has 0 saturated heterocycles. The van der Waals surface area contributed by atoms with E-state index in [1.54, 1.807) is 7.11 Å². The molecule has 84 valence electrons. The summed E-state index contributed by atoms with van der Waals surface area (Å²) in [6, 6.07) is 10.1. The van der Waals surface area contributed by atoms with Crippen molar-refractivity contribution in [2.45, 2.75) is 31.8 Å². The van der Waals surface area contributed by atoms with E-state index in [0.717, 1.165) is 12.8 Å². The number of benzene rings is 1. The van der Waals surface area contributed by atoms with Crippen LogP contribution in [0.25, 0.3) is 0 Å². The van der Waals surface area contributed by atoms with Crippen LogP contribution in [0.2, 0.25) is 0 Å². The molecule has 0 radical (unpaired) electrons. The van der Waals surface area contributed by atoms with Gasteiger partial charge in [0.1, 0.15) is 0 Å². The van der Waals surface area contributed by atoms with Gasteiger partial charge in [-0.1, -0.05) is 30.3 Å². The molecule has 0 amide bonds. The van der Waals surface area contributed by atoms with Gasteiger partial charge in [0.05, 0.1) is 5.60 Å². The summed E-state index contributed by atoms with van der Waals surface area (Å²) in [5, 5.41) is 10.1. The van der Waals surface area contributed by atoms with Gasteiger partial charge in [0.25, 0.3) is 0 Å². The fourth-order valence-electron chi connectivity index (χ4n) is 1.72. The molecular formula is C13H20O2. The van der Waals surface area contributed by atoms with Crippen LogP contribution >= 0.6 is 0 Å². The Morgan fingerprint density at radius 1 is 1.27 bits per heavy atom. The van der Waals surface area contributed by atoms with Crippen molar-refractivity contribution >= 4 is 0 Å². The van der Waals surface area contributed by atoms with Gasteiger partial charge in [-0.2, -0.15) is 0 Å². The standard InChI is InChI=1S/C13H20O2/c1-13(14,9-6-10-15-2)11-12-7-4-3-5-8-12/h3-5,7-8,14H,6,9-11H2,1-2H3. The van der Waals surface area contributed by atoms with Crippen molar-refractivity contribution in [3.05, 3.63) is 35.9 Å². The molecular weight excluding hydrogens is 188 g/mol. The van der Waals surface area contributed by atoms with Crippen LogP contribution in [-0.4, -0.2) is 24.4 Å². The van der Waals surface area contributed by atoms with Crippen molar-refractivity contribution in [3.63, 3.8) is 0 Å². The molecule has 0 spiro atoms. The van der Waals surface area contributed by atoms with Gasteiger partial charge in [-0.3, -0.25) is 0 Å². The number of hydrogen-bond acceptors (Lipinski definition) is 2. The predicted molar refractivity (Wildman–Crippen MR) is 61.9 cm³/mol. The average Bonchev–Trinajstić information content (AvgIpc) is 2.18. The van der Waals surface area contributed by atoms with Crippen LogP contribution in [-0.2, 0) is 11.2 Å². The normalized spacial score (nSPS) is 14.9. The molecule has 1 aromatic carbocycles. The molecule has 1 unspecified atom stereocenters. The van der Waals surface area contributed by atoms with Gasteiger partial charge >= 0.3 is 0 Å². The Hall–Kier alpha value is -0.860. The molecule has 0 saturated carbocycles. The average molecular weight is 208 g/mol. The molecule has 0 bridgehead atoms. The lowest BCUT2D eigenvalue weighted by Gasteiger charge is -2.23. The lowest BCUT2D eigenvalue weighted by molar-refractivity contribution is 0.0409. The lowest BCUT2D eigenvalue weighted by atomic mass is 9.92. The minimum Gasteiger partial charge on any atom is -0.390 e. The van der Waals surface area contributed by atoms with E-state index in [0.29, 0.717) is 13.0 Å². The van der Waals surface area contributed by atoms with Crippen LogP contribution in [0.3, 0.4) is 0 Å². The van der Waals surface area contributed by atoms with Crippen molar-refractivity contribution < 1.29 is 9.84 Å². The highest BCUT2D eigenvalue weighted by molar-refractivity contribution is 5.16. The molecule has 0 fully saturated rings. The molecule has 2 heteroatoms. The third-order valence-corrected chi connectivity index (χ3v) is 2.49. The number of hydrogen-bond donors (Lipinski definition) is 1. The molecule has 15 heavy (non-hydrogen) atoms. The first kappa shape index (κ1) is 12.2. The van der Waals surface area contributed by atoms with E-state index in [4.69, 9.17) is 4.74 Å². The fourth-order valence-corrected chi connectivity index (χ4v) is 1.72. The van der Waals surface area contributed by atoms with Crippen molar-refractivity contribution in [2.24, 2.45) is 0 Å². The fraction of sp³-hybridized carbons (Fsp3) is 0.538. The predicted octanol–water partition coefficient (Wildman–Crippen LogP) is 2.41. The largest absolute Gasteiger partial charge is 0.390 e. The van der Waals surface area contributed by atoms with Crippen molar-refractivity contribution in [1.29, 1.82) is 0 Å². The van der Waals surface area contributed by atoms with Gasteiger partial charge in [-0.05, 0) is 25.3 Å².